The molecule has 102 valence electrons. The average molecular weight is 268 g/mol. The van der Waals surface area contributed by atoms with E-state index in [9.17, 15) is 4.39 Å². The van der Waals surface area contributed by atoms with Gasteiger partial charge < -0.3 is 5.32 Å². The van der Waals surface area contributed by atoms with Crippen molar-refractivity contribution in [3.8, 4) is 6.07 Å². The van der Waals surface area contributed by atoms with E-state index in [-0.39, 0.29) is 11.9 Å². The number of halogens is 1. The second kappa shape index (κ2) is 6.31. The monoisotopic (exact) mass is 268 g/mol. The van der Waals surface area contributed by atoms with Crippen molar-refractivity contribution < 1.29 is 4.39 Å². The van der Waals surface area contributed by atoms with Crippen molar-refractivity contribution in [3.05, 3.63) is 70.5 Å². The molecule has 0 aliphatic rings. The predicted molar refractivity (Wildman–Crippen MR) is 77.5 cm³/mol. The Morgan fingerprint density at radius 3 is 2.70 bits per heavy atom. The van der Waals surface area contributed by atoms with Crippen LogP contribution >= 0.6 is 0 Å². The summed E-state index contributed by atoms with van der Waals surface area (Å²) in [6.45, 7) is 4.68. The minimum atomic E-state index is -0.371. The summed E-state index contributed by atoms with van der Waals surface area (Å²) in [5, 5.41) is 12.2. The first kappa shape index (κ1) is 14.2. The molecule has 0 saturated heterocycles. The molecular weight excluding hydrogens is 251 g/mol. The summed E-state index contributed by atoms with van der Waals surface area (Å²) in [7, 11) is 0. The molecule has 2 rings (SSSR count). The van der Waals surface area contributed by atoms with Gasteiger partial charge >= 0.3 is 0 Å². The van der Waals surface area contributed by atoms with Gasteiger partial charge in [0.25, 0.3) is 0 Å². The molecule has 0 heterocycles. The highest BCUT2D eigenvalue weighted by Crippen LogP contribution is 2.17. The number of nitrogens with zero attached hydrogens (tertiary/aromatic N) is 1. The smallest absolute Gasteiger partial charge is 0.124 e. The van der Waals surface area contributed by atoms with Gasteiger partial charge in [0.1, 0.15) is 5.82 Å². The Labute approximate surface area is 118 Å². The maximum Gasteiger partial charge on any atom is 0.124 e. The van der Waals surface area contributed by atoms with Gasteiger partial charge in [0.05, 0.1) is 11.6 Å². The largest absolute Gasteiger partial charge is 0.306 e. The summed E-state index contributed by atoms with van der Waals surface area (Å²) in [6.07, 6.45) is 0. The Kier molecular flexibility index (Phi) is 4.49. The van der Waals surface area contributed by atoms with Gasteiger partial charge in [0, 0.05) is 12.6 Å². The molecule has 1 N–H and O–H groups in total. The molecule has 2 aromatic carbocycles. The van der Waals surface area contributed by atoms with E-state index < -0.39 is 0 Å². The number of nitriles is 1. The number of hydrogen-bond donors (Lipinski definition) is 1. The van der Waals surface area contributed by atoms with Crippen LogP contribution in [-0.2, 0) is 6.54 Å². The summed E-state index contributed by atoms with van der Waals surface area (Å²) in [4.78, 5) is 0. The van der Waals surface area contributed by atoms with E-state index >= 15 is 0 Å². The lowest BCUT2D eigenvalue weighted by molar-refractivity contribution is 0.567. The highest BCUT2D eigenvalue weighted by atomic mass is 19.1. The molecule has 0 unspecified atom stereocenters. The van der Waals surface area contributed by atoms with Gasteiger partial charge in [-0.3, -0.25) is 0 Å². The molecule has 0 saturated carbocycles. The lowest BCUT2D eigenvalue weighted by Gasteiger charge is -2.16. The van der Waals surface area contributed by atoms with E-state index in [0.717, 1.165) is 5.56 Å². The molecule has 2 nitrogen and oxygen atoms in total. The lowest BCUT2D eigenvalue weighted by Crippen LogP contribution is -2.19. The molecule has 0 amide bonds. The normalized spacial score (nSPS) is 11.9. The highest BCUT2D eigenvalue weighted by molar-refractivity contribution is 5.34. The van der Waals surface area contributed by atoms with Crippen LogP contribution in [0, 0.1) is 24.1 Å². The summed E-state index contributed by atoms with van der Waals surface area (Å²) in [5.41, 5.74) is 3.58. The second-order valence-corrected chi connectivity index (χ2v) is 4.92. The first-order valence-corrected chi connectivity index (χ1v) is 6.58. The molecule has 3 heteroatoms. The molecular formula is C17H17FN2. The van der Waals surface area contributed by atoms with E-state index in [0.29, 0.717) is 12.1 Å². The van der Waals surface area contributed by atoms with Gasteiger partial charge in [-0.2, -0.15) is 5.26 Å². The SMILES string of the molecule is Cc1ccccc1[C@@H](C)NCc1cc(F)cc(C#N)c1. The Morgan fingerprint density at radius 2 is 2.00 bits per heavy atom. The molecule has 1 atom stereocenters. The Bertz CT molecular complexity index is 644. The Morgan fingerprint density at radius 1 is 1.25 bits per heavy atom. The van der Waals surface area contributed by atoms with Crippen molar-refractivity contribution in [2.75, 3.05) is 0 Å². The lowest BCUT2D eigenvalue weighted by atomic mass is 10.0. The van der Waals surface area contributed by atoms with Crippen molar-refractivity contribution in [2.24, 2.45) is 0 Å². The summed E-state index contributed by atoms with van der Waals surface area (Å²) < 4.78 is 13.3. The maximum absolute atomic E-state index is 13.3. The zero-order valence-electron chi connectivity index (χ0n) is 11.7. The quantitative estimate of drug-likeness (QED) is 0.914. The van der Waals surface area contributed by atoms with Crippen LogP contribution in [0.25, 0.3) is 0 Å². The number of nitrogens with one attached hydrogen (secondary N) is 1. The third-order valence-corrected chi connectivity index (χ3v) is 3.35. The van der Waals surface area contributed by atoms with Gasteiger partial charge in [-0.15, -0.1) is 0 Å². The van der Waals surface area contributed by atoms with Crippen molar-refractivity contribution in [2.45, 2.75) is 26.4 Å². The van der Waals surface area contributed by atoms with Gasteiger partial charge in [-0.25, -0.2) is 4.39 Å². The Balaban J connectivity index is 2.08. The first-order valence-electron chi connectivity index (χ1n) is 6.58. The van der Waals surface area contributed by atoms with Crippen LogP contribution < -0.4 is 5.32 Å². The van der Waals surface area contributed by atoms with E-state index in [1.54, 1.807) is 6.07 Å². The van der Waals surface area contributed by atoms with E-state index in [4.69, 9.17) is 5.26 Å². The average Bonchev–Trinajstić information content (AvgIpc) is 2.44. The molecule has 0 bridgehead atoms. The summed E-state index contributed by atoms with van der Waals surface area (Å²) >= 11 is 0. The summed E-state index contributed by atoms with van der Waals surface area (Å²) in [5.74, 6) is -0.371. The van der Waals surface area contributed by atoms with Crippen molar-refractivity contribution >= 4 is 0 Å². The van der Waals surface area contributed by atoms with E-state index in [1.165, 1.54) is 23.3 Å². The topological polar surface area (TPSA) is 35.8 Å². The van der Waals surface area contributed by atoms with Gasteiger partial charge in [-0.05, 0) is 48.7 Å². The molecule has 0 aromatic heterocycles. The van der Waals surface area contributed by atoms with Crippen LogP contribution in [0.5, 0.6) is 0 Å². The molecule has 20 heavy (non-hydrogen) atoms. The molecule has 0 aliphatic heterocycles. The fraction of sp³-hybridized carbons (Fsp3) is 0.235. The van der Waals surface area contributed by atoms with Crippen molar-refractivity contribution in [1.82, 2.24) is 5.32 Å². The molecule has 0 spiro atoms. The van der Waals surface area contributed by atoms with Crippen LogP contribution in [-0.4, -0.2) is 0 Å². The number of aryl methyl sites for hydroxylation is 1. The van der Waals surface area contributed by atoms with Crippen LogP contribution in [0.2, 0.25) is 0 Å². The maximum atomic E-state index is 13.3. The molecule has 0 fully saturated rings. The van der Waals surface area contributed by atoms with E-state index in [1.807, 2.05) is 18.2 Å². The van der Waals surface area contributed by atoms with Gasteiger partial charge in [-0.1, -0.05) is 24.3 Å². The summed E-state index contributed by atoms with van der Waals surface area (Å²) in [6, 6.07) is 14.7. The highest BCUT2D eigenvalue weighted by Gasteiger charge is 2.08. The third-order valence-electron chi connectivity index (χ3n) is 3.35. The van der Waals surface area contributed by atoms with Crippen LogP contribution in [0.15, 0.2) is 42.5 Å². The van der Waals surface area contributed by atoms with Crippen molar-refractivity contribution in [1.29, 1.82) is 5.26 Å². The second-order valence-electron chi connectivity index (χ2n) is 4.92. The molecule has 0 aliphatic carbocycles. The number of hydrogen-bond acceptors (Lipinski definition) is 2. The number of benzene rings is 2. The third kappa shape index (κ3) is 3.43. The zero-order valence-corrected chi connectivity index (χ0v) is 11.7. The molecule has 2 aromatic rings. The van der Waals surface area contributed by atoms with E-state index in [2.05, 4.69) is 31.3 Å². The molecule has 0 radical (unpaired) electrons. The van der Waals surface area contributed by atoms with Crippen LogP contribution in [0.3, 0.4) is 0 Å². The van der Waals surface area contributed by atoms with Crippen LogP contribution in [0.1, 0.15) is 35.2 Å². The Hall–Kier alpha value is -2.18. The number of rotatable bonds is 4. The first-order chi connectivity index (χ1) is 9.60. The zero-order chi connectivity index (χ0) is 14.5. The minimum Gasteiger partial charge on any atom is -0.306 e. The van der Waals surface area contributed by atoms with Crippen LogP contribution in [0.4, 0.5) is 4.39 Å². The van der Waals surface area contributed by atoms with Gasteiger partial charge in [0.15, 0.2) is 0 Å². The fourth-order valence-electron chi connectivity index (χ4n) is 2.27. The predicted octanol–water partition coefficient (Wildman–Crippen LogP) is 3.86. The fourth-order valence-corrected chi connectivity index (χ4v) is 2.27. The van der Waals surface area contributed by atoms with Gasteiger partial charge in [0.2, 0.25) is 0 Å². The van der Waals surface area contributed by atoms with Crippen molar-refractivity contribution in [3.63, 3.8) is 0 Å². The minimum absolute atomic E-state index is 0.171. The standard InChI is InChI=1S/C17H17FN2/c1-12-5-3-4-6-17(12)13(2)20-11-15-7-14(10-19)8-16(18)9-15/h3-9,13,20H,11H2,1-2H3/t13-/m1/s1.